The van der Waals surface area contributed by atoms with Crippen molar-refractivity contribution < 1.29 is 14.0 Å². The zero-order valence-electron chi connectivity index (χ0n) is 19.7. The Morgan fingerprint density at radius 1 is 1.09 bits per heavy atom. The first kappa shape index (κ1) is 23.7. The average molecular weight is 480 g/mol. The summed E-state index contributed by atoms with van der Waals surface area (Å²) >= 11 is 1.48. The first-order valence-electron chi connectivity index (χ1n) is 11.4. The number of benzene rings is 2. The second kappa shape index (κ2) is 10.2. The molecule has 3 aromatic rings. The highest BCUT2D eigenvalue weighted by Gasteiger charge is 2.44. The molecule has 1 unspecified atom stereocenters. The normalized spacial score (nSPS) is 18.6. The van der Waals surface area contributed by atoms with E-state index in [2.05, 4.69) is 79.2 Å². The summed E-state index contributed by atoms with van der Waals surface area (Å²) in [5.74, 6) is -0.0396. The van der Waals surface area contributed by atoms with E-state index in [9.17, 15) is 4.79 Å². The standard InChI is InChI=1S/C26H31N2O3SSi/c1-5-30-24(29)22-18-32-25(27-22)28-17-16-21(26(2,3)4)23(28)31-33(19-12-8-6-9-13-19)20-14-10-7-11-15-20/h6-15,18,21,23H,5,16-17H2,1-4H3/t21-,23?/m0/s1. The summed E-state index contributed by atoms with van der Waals surface area (Å²) in [4.78, 5) is 19.1. The van der Waals surface area contributed by atoms with Gasteiger partial charge in [0.25, 0.3) is 9.04 Å². The van der Waals surface area contributed by atoms with Crippen LogP contribution in [0, 0.1) is 11.3 Å². The number of nitrogens with zero attached hydrogens (tertiary/aromatic N) is 2. The SMILES string of the molecule is CCOC(=O)c1csc(N2CC[C@H](C(C)(C)C)C2O[Si](c2ccccc2)c2ccccc2)n1. The van der Waals surface area contributed by atoms with Crippen LogP contribution in [0.5, 0.6) is 0 Å². The van der Waals surface area contributed by atoms with Gasteiger partial charge in [0.1, 0.15) is 6.23 Å². The minimum atomic E-state index is -1.49. The van der Waals surface area contributed by atoms with E-state index in [-0.39, 0.29) is 17.6 Å². The van der Waals surface area contributed by atoms with Crippen LogP contribution in [0.1, 0.15) is 44.6 Å². The fraction of sp³-hybridized carbons (Fsp3) is 0.385. The molecule has 0 amide bonds. The van der Waals surface area contributed by atoms with E-state index < -0.39 is 9.04 Å². The van der Waals surface area contributed by atoms with Gasteiger partial charge < -0.3 is 14.1 Å². The van der Waals surface area contributed by atoms with Gasteiger partial charge in [0, 0.05) is 17.8 Å². The maximum atomic E-state index is 12.2. The number of carbonyl (C=O) groups excluding carboxylic acids is 1. The summed E-state index contributed by atoms with van der Waals surface area (Å²) in [6.45, 7) is 9.83. The van der Waals surface area contributed by atoms with Gasteiger partial charge in [-0.05, 0) is 29.1 Å². The van der Waals surface area contributed by atoms with Crippen molar-refractivity contribution in [2.45, 2.75) is 40.3 Å². The first-order chi connectivity index (χ1) is 15.9. The zero-order chi connectivity index (χ0) is 23.4. The van der Waals surface area contributed by atoms with Crippen LogP contribution >= 0.6 is 11.3 Å². The summed E-state index contributed by atoms with van der Waals surface area (Å²) in [6, 6.07) is 21.0. The molecule has 1 saturated heterocycles. The summed E-state index contributed by atoms with van der Waals surface area (Å²) in [5, 5.41) is 5.05. The average Bonchev–Trinajstić information content (AvgIpc) is 3.46. The van der Waals surface area contributed by atoms with Crippen molar-refractivity contribution >= 4 is 41.9 Å². The van der Waals surface area contributed by atoms with Gasteiger partial charge in [-0.1, -0.05) is 81.4 Å². The topological polar surface area (TPSA) is 51.7 Å². The van der Waals surface area contributed by atoms with Gasteiger partial charge in [-0.25, -0.2) is 9.78 Å². The fourth-order valence-electron chi connectivity index (χ4n) is 4.27. The first-order valence-corrected chi connectivity index (χ1v) is 13.7. The van der Waals surface area contributed by atoms with Gasteiger partial charge in [-0.3, -0.25) is 0 Å². The number of esters is 1. The minimum absolute atomic E-state index is 0.0704. The quantitative estimate of drug-likeness (QED) is 0.373. The highest BCUT2D eigenvalue weighted by Crippen LogP contribution is 2.42. The van der Waals surface area contributed by atoms with Crippen molar-refractivity contribution in [2.24, 2.45) is 11.3 Å². The smallest absolute Gasteiger partial charge is 0.357 e. The van der Waals surface area contributed by atoms with Crippen molar-refractivity contribution in [1.29, 1.82) is 0 Å². The van der Waals surface area contributed by atoms with Gasteiger partial charge in [0.05, 0.1) is 6.61 Å². The van der Waals surface area contributed by atoms with E-state index in [0.29, 0.717) is 18.2 Å². The van der Waals surface area contributed by atoms with Gasteiger partial charge in [-0.2, -0.15) is 0 Å². The number of thiazole rings is 1. The van der Waals surface area contributed by atoms with Crippen LogP contribution in [0.15, 0.2) is 66.0 Å². The molecule has 0 bridgehead atoms. The van der Waals surface area contributed by atoms with Crippen LogP contribution in [0.4, 0.5) is 5.13 Å². The molecule has 0 spiro atoms. The molecule has 1 fully saturated rings. The molecule has 0 aliphatic carbocycles. The zero-order valence-corrected chi connectivity index (χ0v) is 21.5. The Labute approximate surface area is 202 Å². The summed E-state index contributed by atoms with van der Waals surface area (Å²) in [5.41, 5.74) is 0.438. The Balaban J connectivity index is 1.69. The maximum Gasteiger partial charge on any atom is 0.357 e. The molecule has 1 radical (unpaired) electrons. The molecule has 173 valence electrons. The van der Waals surface area contributed by atoms with Crippen LogP contribution in [-0.4, -0.2) is 39.4 Å². The van der Waals surface area contributed by atoms with Crippen molar-refractivity contribution in [1.82, 2.24) is 4.98 Å². The van der Waals surface area contributed by atoms with Crippen molar-refractivity contribution in [3.8, 4) is 0 Å². The Morgan fingerprint density at radius 3 is 2.24 bits per heavy atom. The predicted octanol–water partition coefficient (Wildman–Crippen LogP) is 4.34. The number of rotatable bonds is 7. The third-order valence-electron chi connectivity index (χ3n) is 5.98. The molecule has 2 heterocycles. The second-order valence-electron chi connectivity index (χ2n) is 9.26. The second-order valence-corrected chi connectivity index (χ2v) is 12.1. The highest BCUT2D eigenvalue weighted by atomic mass is 32.1. The lowest BCUT2D eigenvalue weighted by Crippen LogP contribution is -2.52. The third kappa shape index (κ3) is 5.37. The monoisotopic (exact) mass is 479 g/mol. The maximum absolute atomic E-state index is 12.2. The molecule has 1 aromatic heterocycles. The third-order valence-corrected chi connectivity index (χ3v) is 9.05. The van der Waals surface area contributed by atoms with E-state index in [4.69, 9.17) is 9.16 Å². The van der Waals surface area contributed by atoms with Crippen molar-refractivity contribution in [2.75, 3.05) is 18.1 Å². The Bertz CT molecular complexity index is 1010. The minimum Gasteiger partial charge on any atom is -0.461 e. The van der Waals surface area contributed by atoms with E-state index in [1.54, 1.807) is 12.3 Å². The largest absolute Gasteiger partial charge is 0.461 e. The van der Waals surface area contributed by atoms with Crippen molar-refractivity contribution in [3.05, 3.63) is 71.7 Å². The Morgan fingerprint density at radius 2 is 1.70 bits per heavy atom. The Hall–Kier alpha value is -2.48. The van der Waals surface area contributed by atoms with Gasteiger partial charge in [0.2, 0.25) is 0 Å². The van der Waals surface area contributed by atoms with Gasteiger partial charge in [-0.15, -0.1) is 11.3 Å². The Kier molecular flexibility index (Phi) is 7.31. The number of aromatic nitrogens is 1. The number of hydrogen-bond donors (Lipinski definition) is 0. The molecule has 5 nitrogen and oxygen atoms in total. The van der Waals surface area contributed by atoms with Crippen LogP contribution in [0.3, 0.4) is 0 Å². The number of anilines is 1. The molecule has 0 N–H and O–H groups in total. The molecule has 33 heavy (non-hydrogen) atoms. The number of carbonyl (C=O) groups is 1. The lowest BCUT2D eigenvalue weighted by molar-refractivity contribution is 0.0520. The molecular weight excluding hydrogens is 448 g/mol. The molecule has 1 aliphatic heterocycles. The molecule has 4 rings (SSSR count). The molecule has 0 saturated carbocycles. The van der Waals surface area contributed by atoms with Crippen LogP contribution in [0.2, 0.25) is 0 Å². The predicted molar refractivity (Wildman–Crippen MR) is 136 cm³/mol. The summed E-state index contributed by atoms with van der Waals surface area (Å²) < 4.78 is 12.2. The molecule has 2 aromatic carbocycles. The highest BCUT2D eigenvalue weighted by molar-refractivity contribution is 7.14. The van der Waals surface area contributed by atoms with Crippen LogP contribution in [-0.2, 0) is 9.16 Å². The van der Waals surface area contributed by atoms with E-state index in [0.717, 1.165) is 18.1 Å². The van der Waals surface area contributed by atoms with E-state index >= 15 is 0 Å². The van der Waals surface area contributed by atoms with Crippen molar-refractivity contribution in [3.63, 3.8) is 0 Å². The summed E-state index contributed by atoms with van der Waals surface area (Å²) in [6.07, 6.45) is 0.891. The fourth-order valence-corrected chi connectivity index (χ4v) is 7.25. The molecule has 2 atom stereocenters. The lowest BCUT2D eigenvalue weighted by atomic mass is 9.79. The number of ether oxygens (including phenoxy) is 1. The molecule has 7 heteroatoms. The number of hydrogen-bond acceptors (Lipinski definition) is 6. The molecular formula is C26H31N2O3SSi. The molecule has 1 aliphatic rings. The van der Waals surface area contributed by atoms with Crippen LogP contribution < -0.4 is 15.3 Å². The van der Waals surface area contributed by atoms with Gasteiger partial charge >= 0.3 is 5.97 Å². The lowest BCUT2D eigenvalue weighted by Gasteiger charge is -2.37. The van der Waals surface area contributed by atoms with E-state index in [1.165, 1.54) is 21.7 Å². The summed E-state index contributed by atoms with van der Waals surface area (Å²) in [7, 11) is -1.49. The van der Waals surface area contributed by atoms with Gasteiger partial charge in [0.15, 0.2) is 10.8 Å². The van der Waals surface area contributed by atoms with E-state index in [1.807, 2.05) is 12.1 Å². The van der Waals surface area contributed by atoms with Crippen LogP contribution in [0.25, 0.3) is 0 Å².